The van der Waals surface area contributed by atoms with E-state index in [-0.39, 0.29) is 6.04 Å². The lowest BCUT2D eigenvalue weighted by Gasteiger charge is -2.27. The Bertz CT molecular complexity index is 1140. The number of amides is 2. The fourth-order valence-corrected chi connectivity index (χ4v) is 3.72. The van der Waals surface area contributed by atoms with Crippen LogP contribution < -0.4 is 15.1 Å². The molecule has 1 atom stereocenters. The first-order chi connectivity index (χ1) is 15.1. The number of hydrogen-bond acceptors (Lipinski definition) is 4. The second-order valence-corrected chi connectivity index (χ2v) is 7.85. The van der Waals surface area contributed by atoms with Crippen LogP contribution in [0.4, 0.5) is 35.3 Å². The maximum absolute atomic E-state index is 13.2. The Morgan fingerprint density at radius 2 is 1.94 bits per heavy atom. The normalized spacial score (nSPS) is 16.5. The van der Waals surface area contributed by atoms with Gasteiger partial charge in [0.05, 0.1) is 16.9 Å². The lowest BCUT2D eigenvalue weighted by Crippen LogP contribution is -2.42. The van der Waals surface area contributed by atoms with Crippen LogP contribution in [0.5, 0.6) is 0 Å². The fraction of sp³-hybridized carbons (Fsp3) is 0.318. The van der Waals surface area contributed by atoms with Gasteiger partial charge in [-0.05, 0) is 37.6 Å². The van der Waals surface area contributed by atoms with Crippen molar-refractivity contribution in [2.75, 3.05) is 28.7 Å². The van der Waals surface area contributed by atoms with E-state index in [9.17, 15) is 18.0 Å². The van der Waals surface area contributed by atoms with Gasteiger partial charge in [-0.15, -0.1) is 0 Å². The number of nitrogens with zero attached hydrogens (tertiary/aromatic N) is 5. The van der Waals surface area contributed by atoms with E-state index >= 15 is 0 Å². The van der Waals surface area contributed by atoms with Crippen molar-refractivity contribution in [2.24, 2.45) is 7.05 Å². The average molecular weight is 444 g/mol. The number of benzene rings is 1. The molecule has 3 heterocycles. The predicted molar refractivity (Wildman–Crippen MR) is 117 cm³/mol. The number of anilines is 3. The Labute approximate surface area is 183 Å². The van der Waals surface area contributed by atoms with Gasteiger partial charge in [0, 0.05) is 44.5 Å². The van der Waals surface area contributed by atoms with Crippen LogP contribution in [0.1, 0.15) is 18.9 Å². The average Bonchev–Trinajstić information content (AvgIpc) is 3.10. The summed E-state index contributed by atoms with van der Waals surface area (Å²) in [6, 6.07) is 9.57. The Morgan fingerprint density at radius 1 is 1.16 bits per heavy atom. The molecule has 168 valence electrons. The maximum atomic E-state index is 13.2. The minimum absolute atomic E-state index is 0.188. The number of rotatable bonds is 2. The molecule has 3 aromatic rings. The SMILES string of the molecule is C[C@@H]1CCN(C)c2ccc(-c3cccc(C(F)(F)F)c3)nc2N1C(=O)Nc1ccn(C)n1. The number of hydrogen-bond donors (Lipinski definition) is 1. The summed E-state index contributed by atoms with van der Waals surface area (Å²) in [5.74, 6) is 0.790. The molecule has 0 saturated carbocycles. The highest BCUT2D eigenvalue weighted by Crippen LogP contribution is 2.36. The quantitative estimate of drug-likeness (QED) is 0.619. The van der Waals surface area contributed by atoms with Gasteiger partial charge in [0.25, 0.3) is 0 Å². The monoisotopic (exact) mass is 444 g/mol. The van der Waals surface area contributed by atoms with E-state index in [0.717, 1.165) is 17.8 Å². The molecule has 2 aromatic heterocycles. The number of aromatic nitrogens is 3. The summed E-state index contributed by atoms with van der Waals surface area (Å²) in [5, 5.41) is 6.97. The first-order valence-electron chi connectivity index (χ1n) is 10.1. The molecule has 0 bridgehead atoms. The molecule has 0 unspecified atom stereocenters. The highest BCUT2D eigenvalue weighted by molar-refractivity contribution is 6.03. The molecule has 0 aliphatic carbocycles. The van der Waals surface area contributed by atoms with Gasteiger partial charge in [0.1, 0.15) is 0 Å². The van der Waals surface area contributed by atoms with Gasteiger partial charge in [0.15, 0.2) is 11.6 Å². The predicted octanol–water partition coefficient (Wildman–Crippen LogP) is 4.77. The van der Waals surface area contributed by atoms with Gasteiger partial charge in [-0.1, -0.05) is 12.1 Å². The lowest BCUT2D eigenvalue weighted by atomic mass is 10.1. The second kappa shape index (κ2) is 8.18. The van der Waals surface area contributed by atoms with E-state index in [2.05, 4.69) is 15.4 Å². The molecule has 1 aliphatic heterocycles. The van der Waals surface area contributed by atoms with Crippen molar-refractivity contribution in [3.05, 3.63) is 54.2 Å². The van der Waals surface area contributed by atoms with Crippen molar-refractivity contribution in [3.63, 3.8) is 0 Å². The third kappa shape index (κ3) is 4.25. The Morgan fingerprint density at radius 3 is 2.62 bits per heavy atom. The topological polar surface area (TPSA) is 66.3 Å². The highest BCUT2D eigenvalue weighted by Gasteiger charge is 2.32. The summed E-state index contributed by atoms with van der Waals surface area (Å²) in [6.07, 6.45) is -2.04. The highest BCUT2D eigenvalue weighted by atomic mass is 19.4. The molecule has 10 heteroatoms. The molecule has 0 fully saturated rings. The first-order valence-corrected chi connectivity index (χ1v) is 10.1. The number of halogens is 3. The van der Waals surface area contributed by atoms with Gasteiger partial charge in [-0.2, -0.15) is 18.3 Å². The fourth-order valence-electron chi connectivity index (χ4n) is 3.72. The van der Waals surface area contributed by atoms with Crippen LogP contribution in [0.3, 0.4) is 0 Å². The molecule has 1 aromatic carbocycles. The molecular weight excluding hydrogens is 421 g/mol. The summed E-state index contributed by atoms with van der Waals surface area (Å²) in [4.78, 5) is 21.4. The number of urea groups is 1. The molecule has 0 spiro atoms. The molecular formula is C22H23F3N6O. The van der Waals surface area contributed by atoms with Crippen molar-refractivity contribution >= 4 is 23.4 Å². The minimum atomic E-state index is -4.45. The van der Waals surface area contributed by atoms with Crippen LogP contribution in [0.25, 0.3) is 11.3 Å². The summed E-state index contributed by atoms with van der Waals surface area (Å²) >= 11 is 0. The number of alkyl halides is 3. The largest absolute Gasteiger partial charge is 0.416 e. The van der Waals surface area contributed by atoms with Crippen LogP contribution >= 0.6 is 0 Å². The van der Waals surface area contributed by atoms with E-state index < -0.39 is 17.8 Å². The summed E-state index contributed by atoms with van der Waals surface area (Å²) in [6.45, 7) is 2.62. The maximum Gasteiger partial charge on any atom is 0.416 e. The van der Waals surface area contributed by atoms with Gasteiger partial charge >= 0.3 is 12.2 Å². The van der Waals surface area contributed by atoms with Crippen LogP contribution in [0.15, 0.2) is 48.7 Å². The van der Waals surface area contributed by atoms with E-state index in [1.54, 1.807) is 47.1 Å². The van der Waals surface area contributed by atoms with Crippen LogP contribution in [-0.4, -0.2) is 40.4 Å². The van der Waals surface area contributed by atoms with Crippen molar-refractivity contribution in [3.8, 4) is 11.3 Å². The lowest BCUT2D eigenvalue weighted by molar-refractivity contribution is -0.137. The van der Waals surface area contributed by atoms with E-state index in [1.807, 2.05) is 18.9 Å². The molecule has 32 heavy (non-hydrogen) atoms. The van der Waals surface area contributed by atoms with Crippen molar-refractivity contribution in [2.45, 2.75) is 25.6 Å². The van der Waals surface area contributed by atoms with Crippen molar-refractivity contribution in [1.82, 2.24) is 14.8 Å². The first kappa shape index (κ1) is 21.7. The van der Waals surface area contributed by atoms with Crippen LogP contribution in [0, 0.1) is 0 Å². The van der Waals surface area contributed by atoms with Gasteiger partial charge in [0.2, 0.25) is 0 Å². The zero-order valence-corrected chi connectivity index (χ0v) is 17.9. The van der Waals surface area contributed by atoms with Crippen LogP contribution in [-0.2, 0) is 13.2 Å². The molecule has 4 rings (SSSR count). The van der Waals surface area contributed by atoms with E-state index in [4.69, 9.17) is 0 Å². The molecule has 0 saturated heterocycles. The molecule has 1 aliphatic rings. The number of nitrogens with one attached hydrogen (secondary N) is 1. The van der Waals surface area contributed by atoms with Crippen LogP contribution in [0.2, 0.25) is 0 Å². The van der Waals surface area contributed by atoms with Gasteiger partial charge in [-0.3, -0.25) is 14.9 Å². The Balaban J connectivity index is 1.76. The smallest absolute Gasteiger partial charge is 0.372 e. The third-order valence-electron chi connectivity index (χ3n) is 5.47. The minimum Gasteiger partial charge on any atom is -0.372 e. The van der Waals surface area contributed by atoms with Crippen molar-refractivity contribution in [1.29, 1.82) is 0 Å². The molecule has 0 radical (unpaired) electrons. The molecule has 2 amide bonds. The van der Waals surface area contributed by atoms with E-state index in [1.165, 1.54) is 6.07 Å². The Hall–Kier alpha value is -3.56. The zero-order valence-electron chi connectivity index (χ0n) is 17.9. The van der Waals surface area contributed by atoms with E-state index in [0.29, 0.717) is 35.9 Å². The second-order valence-electron chi connectivity index (χ2n) is 7.85. The summed E-state index contributed by atoms with van der Waals surface area (Å²) in [7, 11) is 3.65. The molecule has 1 N–H and O–H groups in total. The summed E-state index contributed by atoms with van der Waals surface area (Å²) in [5.41, 5.74) is 0.656. The van der Waals surface area contributed by atoms with Gasteiger partial charge in [-0.25, -0.2) is 9.78 Å². The standard InChI is InChI=1S/C22H23F3N6O/c1-14-9-11-29(2)18-8-7-17(15-5-4-6-16(13-15)22(23,24)25)26-20(18)31(14)21(32)27-19-10-12-30(3)28-19/h4-8,10,12-14H,9,11H2,1-3H3,(H,27,28,32)/t14-/m1/s1. The third-order valence-corrected chi connectivity index (χ3v) is 5.47. The number of carbonyl (C=O) groups excluding carboxylic acids is 1. The van der Waals surface area contributed by atoms with Crippen molar-refractivity contribution < 1.29 is 18.0 Å². The van der Waals surface area contributed by atoms with Gasteiger partial charge < -0.3 is 4.90 Å². The number of pyridine rings is 1. The number of aryl methyl sites for hydroxylation is 1. The number of fused-ring (bicyclic) bond motifs is 1. The molecule has 7 nitrogen and oxygen atoms in total. The Kier molecular flexibility index (Phi) is 5.53. The number of carbonyl (C=O) groups is 1. The zero-order chi connectivity index (χ0) is 23.0. The summed E-state index contributed by atoms with van der Waals surface area (Å²) < 4.78 is 41.2.